The lowest BCUT2D eigenvalue weighted by Gasteiger charge is -2.38. The molecule has 1 fully saturated rings. The molecule has 0 aromatic heterocycles. The van der Waals surface area contributed by atoms with Crippen LogP contribution >= 0.6 is 11.6 Å². The number of hydrogen-bond donors (Lipinski definition) is 1. The number of piperidine rings is 1. The van der Waals surface area contributed by atoms with E-state index in [-0.39, 0.29) is 12.0 Å². The van der Waals surface area contributed by atoms with Gasteiger partial charge in [0, 0.05) is 17.1 Å². The van der Waals surface area contributed by atoms with Crippen LogP contribution in [0.25, 0.3) is 0 Å². The number of ether oxygens (including phenoxy) is 1. The van der Waals surface area contributed by atoms with E-state index in [1.807, 2.05) is 31.2 Å². The fraction of sp³-hybridized carbons (Fsp3) is 0.409. The first-order chi connectivity index (χ1) is 13.0. The summed E-state index contributed by atoms with van der Waals surface area (Å²) in [6, 6.07) is 14.0. The van der Waals surface area contributed by atoms with Crippen LogP contribution in [0.2, 0.25) is 5.02 Å². The van der Waals surface area contributed by atoms with Crippen molar-refractivity contribution in [3.05, 3.63) is 64.2 Å². The quantitative estimate of drug-likeness (QED) is 0.763. The van der Waals surface area contributed by atoms with E-state index >= 15 is 0 Å². The zero-order valence-electron chi connectivity index (χ0n) is 15.8. The normalized spacial score (nSPS) is 18.9. The minimum atomic E-state index is -0.723. The summed E-state index contributed by atoms with van der Waals surface area (Å²) in [5.41, 5.74) is 3.29. The fourth-order valence-corrected chi connectivity index (χ4v) is 4.07. The Morgan fingerprint density at radius 2 is 2.15 bits per heavy atom. The molecule has 0 aliphatic carbocycles. The lowest BCUT2D eigenvalue weighted by atomic mass is 9.90. The molecule has 144 valence electrons. The second kappa shape index (κ2) is 8.77. The second-order valence-electron chi connectivity index (χ2n) is 7.10. The van der Waals surface area contributed by atoms with Gasteiger partial charge in [0.15, 0.2) is 0 Å². The SMILES string of the molecule is CCOc1ccc(Cl)cc1C(c1cccc(C)c1)N1CCCC(C(=O)O)C1. The van der Waals surface area contributed by atoms with Gasteiger partial charge in [0.1, 0.15) is 5.75 Å². The minimum Gasteiger partial charge on any atom is -0.494 e. The maximum atomic E-state index is 11.6. The summed E-state index contributed by atoms with van der Waals surface area (Å²) in [5, 5.41) is 10.2. The van der Waals surface area contributed by atoms with Crippen molar-refractivity contribution in [3.63, 3.8) is 0 Å². The molecule has 2 unspecified atom stereocenters. The molecule has 2 atom stereocenters. The van der Waals surface area contributed by atoms with E-state index in [4.69, 9.17) is 16.3 Å². The molecule has 0 radical (unpaired) electrons. The standard InChI is InChI=1S/C22H26ClNO3/c1-3-27-20-10-9-18(23)13-19(20)21(16-7-4-6-15(2)12-16)24-11-5-8-17(14-24)22(25)26/h4,6-7,9-10,12-13,17,21H,3,5,8,11,14H2,1-2H3,(H,25,26). The third-order valence-electron chi connectivity index (χ3n) is 5.09. The maximum Gasteiger partial charge on any atom is 0.307 e. The Kier molecular flexibility index (Phi) is 6.40. The average molecular weight is 388 g/mol. The van der Waals surface area contributed by atoms with Gasteiger partial charge in [-0.3, -0.25) is 9.69 Å². The van der Waals surface area contributed by atoms with Crippen molar-refractivity contribution < 1.29 is 14.6 Å². The van der Waals surface area contributed by atoms with Gasteiger partial charge in [-0.05, 0) is 57.0 Å². The van der Waals surface area contributed by atoms with E-state index in [9.17, 15) is 9.90 Å². The topological polar surface area (TPSA) is 49.8 Å². The maximum absolute atomic E-state index is 11.6. The molecular formula is C22H26ClNO3. The molecular weight excluding hydrogens is 362 g/mol. The van der Waals surface area contributed by atoms with E-state index < -0.39 is 5.97 Å². The monoisotopic (exact) mass is 387 g/mol. The summed E-state index contributed by atoms with van der Waals surface area (Å²) in [4.78, 5) is 13.9. The molecule has 2 aromatic carbocycles. The number of rotatable bonds is 6. The van der Waals surface area contributed by atoms with E-state index in [1.165, 1.54) is 5.56 Å². The first kappa shape index (κ1) is 19.7. The van der Waals surface area contributed by atoms with Crippen LogP contribution in [0, 0.1) is 12.8 Å². The van der Waals surface area contributed by atoms with Crippen molar-refractivity contribution in [1.82, 2.24) is 4.90 Å². The van der Waals surface area contributed by atoms with Gasteiger partial charge in [-0.1, -0.05) is 41.4 Å². The first-order valence-electron chi connectivity index (χ1n) is 9.45. The lowest BCUT2D eigenvalue weighted by Crippen LogP contribution is -2.41. The molecule has 5 heteroatoms. The average Bonchev–Trinajstić information content (AvgIpc) is 2.64. The van der Waals surface area contributed by atoms with Crippen molar-refractivity contribution in [3.8, 4) is 5.75 Å². The largest absolute Gasteiger partial charge is 0.494 e. The molecule has 1 heterocycles. The predicted molar refractivity (Wildman–Crippen MR) is 108 cm³/mol. The van der Waals surface area contributed by atoms with Gasteiger partial charge in [0.05, 0.1) is 18.6 Å². The van der Waals surface area contributed by atoms with Gasteiger partial charge in [0.25, 0.3) is 0 Å². The van der Waals surface area contributed by atoms with Gasteiger partial charge < -0.3 is 9.84 Å². The molecule has 1 saturated heterocycles. The molecule has 0 bridgehead atoms. The zero-order chi connectivity index (χ0) is 19.4. The number of carboxylic acids is 1. The fourth-order valence-electron chi connectivity index (χ4n) is 3.89. The summed E-state index contributed by atoms with van der Waals surface area (Å²) in [6.45, 7) is 5.96. The van der Waals surface area contributed by atoms with Gasteiger partial charge in [-0.2, -0.15) is 0 Å². The Bertz CT molecular complexity index is 808. The van der Waals surface area contributed by atoms with Crippen LogP contribution in [0.15, 0.2) is 42.5 Å². The lowest BCUT2D eigenvalue weighted by molar-refractivity contribution is -0.143. The number of halogens is 1. The van der Waals surface area contributed by atoms with Crippen LogP contribution in [-0.2, 0) is 4.79 Å². The number of benzene rings is 2. The second-order valence-corrected chi connectivity index (χ2v) is 7.54. The third-order valence-corrected chi connectivity index (χ3v) is 5.33. The van der Waals surface area contributed by atoms with Crippen LogP contribution in [-0.4, -0.2) is 35.7 Å². The highest BCUT2D eigenvalue weighted by molar-refractivity contribution is 6.30. The number of aryl methyl sites for hydroxylation is 1. The van der Waals surface area contributed by atoms with Crippen molar-refractivity contribution in [2.45, 2.75) is 32.7 Å². The molecule has 0 saturated carbocycles. The molecule has 4 nitrogen and oxygen atoms in total. The zero-order valence-corrected chi connectivity index (χ0v) is 16.6. The third kappa shape index (κ3) is 4.63. The van der Waals surface area contributed by atoms with Gasteiger partial charge in [0.2, 0.25) is 0 Å². The van der Waals surface area contributed by atoms with E-state index in [2.05, 4.69) is 30.0 Å². The van der Waals surface area contributed by atoms with Crippen molar-refractivity contribution in [1.29, 1.82) is 0 Å². The molecule has 1 aliphatic heterocycles. The molecule has 27 heavy (non-hydrogen) atoms. The molecule has 2 aromatic rings. The molecule has 3 rings (SSSR count). The van der Waals surface area contributed by atoms with Crippen LogP contribution < -0.4 is 4.74 Å². The summed E-state index contributed by atoms with van der Waals surface area (Å²) in [5.74, 6) is -0.273. The van der Waals surface area contributed by atoms with Gasteiger partial charge in [-0.25, -0.2) is 0 Å². The number of aliphatic carboxylic acids is 1. The number of hydrogen-bond acceptors (Lipinski definition) is 3. The summed E-state index contributed by atoms with van der Waals surface area (Å²) in [7, 11) is 0. The van der Waals surface area contributed by atoms with Crippen LogP contribution in [0.3, 0.4) is 0 Å². The van der Waals surface area contributed by atoms with Crippen molar-refractivity contribution in [2.75, 3.05) is 19.7 Å². The van der Waals surface area contributed by atoms with Crippen molar-refractivity contribution in [2.24, 2.45) is 5.92 Å². The number of carboxylic acid groups (broad SMARTS) is 1. The highest BCUT2D eigenvalue weighted by atomic mass is 35.5. The smallest absolute Gasteiger partial charge is 0.307 e. The van der Waals surface area contributed by atoms with Crippen LogP contribution in [0.5, 0.6) is 5.75 Å². The van der Waals surface area contributed by atoms with E-state index in [1.54, 1.807) is 0 Å². The predicted octanol–water partition coefficient (Wildman–Crippen LogP) is 4.93. The summed E-state index contributed by atoms with van der Waals surface area (Å²) >= 11 is 6.33. The summed E-state index contributed by atoms with van der Waals surface area (Å²) < 4.78 is 5.89. The van der Waals surface area contributed by atoms with Crippen molar-refractivity contribution >= 4 is 17.6 Å². The Balaban J connectivity index is 2.08. The number of carbonyl (C=O) groups is 1. The highest BCUT2D eigenvalue weighted by Crippen LogP contribution is 2.38. The Hall–Kier alpha value is -2.04. The molecule has 1 N–H and O–H groups in total. The molecule has 0 amide bonds. The Morgan fingerprint density at radius 3 is 2.85 bits per heavy atom. The van der Waals surface area contributed by atoms with Gasteiger partial charge >= 0.3 is 5.97 Å². The highest BCUT2D eigenvalue weighted by Gasteiger charge is 2.32. The summed E-state index contributed by atoms with van der Waals surface area (Å²) in [6.07, 6.45) is 1.59. The van der Waals surface area contributed by atoms with E-state index in [0.717, 1.165) is 36.3 Å². The minimum absolute atomic E-state index is 0.0905. The van der Waals surface area contributed by atoms with Crippen LogP contribution in [0.4, 0.5) is 0 Å². The number of nitrogens with zero attached hydrogens (tertiary/aromatic N) is 1. The number of likely N-dealkylation sites (tertiary alicyclic amines) is 1. The van der Waals surface area contributed by atoms with E-state index in [0.29, 0.717) is 18.2 Å². The van der Waals surface area contributed by atoms with Gasteiger partial charge in [-0.15, -0.1) is 0 Å². The van der Waals surface area contributed by atoms with Crippen LogP contribution in [0.1, 0.15) is 42.5 Å². The first-order valence-corrected chi connectivity index (χ1v) is 9.83. The Morgan fingerprint density at radius 1 is 1.33 bits per heavy atom. The molecule has 0 spiro atoms. The Labute approximate surface area is 165 Å². The molecule has 1 aliphatic rings.